The van der Waals surface area contributed by atoms with E-state index in [9.17, 15) is 18.4 Å². The second-order valence-electron chi connectivity index (χ2n) is 7.77. The number of aromatic nitrogens is 2. The van der Waals surface area contributed by atoms with Gasteiger partial charge < -0.3 is 4.74 Å². The molecule has 2 aromatic rings. The third-order valence-electron chi connectivity index (χ3n) is 5.42. The highest BCUT2D eigenvalue weighted by molar-refractivity contribution is 7.89. The standard InChI is InChI=1S/C21H26Cl2N4O5S/c22-16-5-6-20(19(23)13-16)32-18-7-11-26(12-8-18)33(30,31)14-17(27(29)15-28)3-1-4-21-24-9-2-10-25-21/h2,5-6,9-10,13,15,17-18,29H,1,3-4,7-8,11-12,14H2/t17-/m1/s1. The molecule has 0 spiro atoms. The van der Waals surface area contributed by atoms with E-state index in [2.05, 4.69) is 9.97 Å². The van der Waals surface area contributed by atoms with Gasteiger partial charge in [-0.2, -0.15) is 0 Å². The first-order valence-electron chi connectivity index (χ1n) is 10.6. The fraction of sp³-hybridized carbons (Fsp3) is 0.476. The summed E-state index contributed by atoms with van der Waals surface area (Å²) in [4.78, 5) is 19.4. The Labute approximate surface area is 203 Å². The van der Waals surface area contributed by atoms with Gasteiger partial charge in [0, 0.05) is 36.9 Å². The summed E-state index contributed by atoms with van der Waals surface area (Å²) in [7, 11) is -3.70. The van der Waals surface area contributed by atoms with Gasteiger partial charge in [0.15, 0.2) is 0 Å². The van der Waals surface area contributed by atoms with Gasteiger partial charge in [0.25, 0.3) is 0 Å². The molecule has 1 aromatic carbocycles. The van der Waals surface area contributed by atoms with Crippen molar-refractivity contribution in [1.29, 1.82) is 0 Å². The van der Waals surface area contributed by atoms with Crippen molar-refractivity contribution in [1.82, 2.24) is 19.3 Å². The van der Waals surface area contributed by atoms with E-state index in [0.29, 0.717) is 58.8 Å². The second-order valence-corrected chi connectivity index (χ2v) is 10.6. The number of nitrogens with zero attached hydrogens (tertiary/aromatic N) is 4. The number of amides is 1. The monoisotopic (exact) mass is 516 g/mol. The van der Waals surface area contributed by atoms with Gasteiger partial charge in [-0.05, 0) is 49.9 Å². The van der Waals surface area contributed by atoms with Crippen molar-refractivity contribution in [3.63, 3.8) is 0 Å². The molecular formula is C21H26Cl2N4O5S. The first-order chi connectivity index (χ1) is 15.8. The minimum atomic E-state index is -3.70. The number of hydrogen-bond acceptors (Lipinski definition) is 7. The van der Waals surface area contributed by atoms with Crippen molar-refractivity contribution in [3.8, 4) is 5.75 Å². The van der Waals surface area contributed by atoms with E-state index in [1.165, 1.54) is 4.31 Å². The number of sulfonamides is 1. The molecule has 1 atom stereocenters. The van der Waals surface area contributed by atoms with Crippen LogP contribution in [0.3, 0.4) is 0 Å². The van der Waals surface area contributed by atoms with Gasteiger partial charge >= 0.3 is 0 Å². The maximum absolute atomic E-state index is 13.0. The third-order valence-corrected chi connectivity index (χ3v) is 7.91. The Morgan fingerprint density at radius 2 is 1.94 bits per heavy atom. The van der Waals surface area contributed by atoms with Crippen LogP contribution in [0.2, 0.25) is 10.0 Å². The van der Waals surface area contributed by atoms with Crippen LogP contribution in [0.25, 0.3) is 0 Å². The molecule has 3 rings (SSSR count). The van der Waals surface area contributed by atoms with E-state index in [-0.39, 0.29) is 31.4 Å². The molecule has 0 unspecified atom stereocenters. The molecule has 0 saturated carbocycles. The van der Waals surface area contributed by atoms with Crippen molar-refractivity contribution >= 4 is 39.6 Å². The lowest BCUT2D eigenvalue weighted by atomic mass is 10.1. The molecule has 2 heterocycles. The maximum atomic E-state index is 13.0. The van der Waals surface area contributed by atoms with Crippen molar-refractivity contribution in [2.45, 2.75) is 44.2 Å². The zero-order chi connectivity index (χ0) is 23.8. The van der Waals surface area contributed by atoms with Crippen LogP contribution >= 0.6 is 23.2 Å². The van der Waals surface area contributed by atoms with Gasteiger partial charge in [-0.15, -0.1) is 0 Å². The topological polar surface area (TPSA) is 113 Å². The smallest absolute Gasteiger partial charge is 0.233 e. The predicted molar refractivity (Wildman–Crippen MR) is 124 cm³/mol. The average molecular weight is 517 g/mol. The Morgan fingerprint density at radius 1 is 1.24 bits per heavy atom. The third kappa shape index (κ3) is 7.51. The largest absolute Gasteiger partial charge is 0.489 e. The summed E-state index contributed by atoms with van der Waals surface area (Å²) in [5.74, 6) is 0.760. The summed E-state index contributed by atoms with van der Waals surface area (Å²) in [5.41, 5.74) is 0. The van der Waals surface area contributed by atoms with Gasteiger partial charge in [-0.3, -0.25) is 10.0 Å². The van der Waals surface area contributed by atoms with Crippen LogP contribution in [0.5, 0.6) is 5.75 Å². The Morgan fingerprint density at radius 3 is 2.58 bits per heavy atom. The highest BCUT2D eigenvalue weighted by Crippen LogP contribution is 2.30. The molecule has 1 aliphatic rings. The van der Waals surface area contributed by atoms with Crippen LogP contribution in [0.1, 0.15) is 31.5 Å². The van der Waals surface area contributed by atoms with Crippen molar-refractivity contribution < 1.29 is 23.2 Å². The molecule has 1 aliphatic heterocycles. The Kier molecular flexibility index (Phi) is 9.27. The highest BCUT2D eigenvalue weighted by Gasteiger charge is 2.32. The molecule has 1 saturated heterocycles. The number of halogens is 2. The van der Waals surface area contributed by atoms with E-state index in [0.717, 1.165) is 0 Å². The van der Waals surface area contributed by atoms with Crippen LogP contribution in [0, 0.1) is 0 Å². The Bertz CT molecular complexity index is 1020. The number of rotatable bonds is 11. The normalized spacial score (nSPS) is 16.3. The molecule has 12 heteroatoms. The Hall–Kier alpha value is -1.98. The molecule has 1 fully saturated rings. The first kappa shape index (κ1) is 25.6. The van der Waals surface area contributed by atoms with E-state index >= 15 is 0 Å². The minimum absolute atomic E-state index is 0.180. The second kappa shape index (κ2) is 11.9. The molecule has 33 heavy (non-hydrogen) atoms. The first-order valence-corrected chi connectivity index (χ1v) is 12.9. The van der Waals surface area contributed by atoms with Gasteiger partial charge in [0.2, 0.25) is 16.4 Å². The molecule has 0 radical (unpaired) electrons. The average Bonchev–Trinajstić information content (AvgIpc) is 2.80. The Balaban J connectivity index is 1.53. The lowest BCUT2D eigenvalue weighted by Gasteiger charge is -2.33. The van der Waals surface area contributed by atoms with Crippen LogP contribution in [0.15, 0.2) is 36.7 Å². The highest BCUT2D eigenvalue weighted by atomic mass is 35.5. The lowest BCUT2D eigenvalue weighted by Crippen LogP contribution is -2.47. The number of aryl methyl sites for hydroxylation is 1. The van der Waals surface area contributed by atoms with Crippen LogP contribution in [-0.2, 0) is 21.2 Å². The van der Waals surface area contributed by atoms with E-state index in [1.54, 1.807) is 36.7 Å². The molecular weight excluding hydrogens is 491 g/mol. The van der Waals surface area contributed by atoms with Crippen molar-refractivity contribution in [2.24, 2.45) is 0 Å². The van der Waals surface area contributed by atoms with Gasteiger partial charge in [0.05, 0.1) is 16.8 Å². The van der Waals surface area contributed by atoms with Gasteiger partial charge in [-0.25, -0.2) is 27.8 Å². The molecule has 1 N–H and O–H groups in total. The van der Waals surface area contributed by atoms with E-state index < -0.39 is 16.1 Å². The zero-order valence-corrected chi connectivity index (χ0v) is 20.2. The summed E-state index contributed by atoms with van der Waals surface area (Å²) >= 11 is 12.1. The molecule has 0 aliphatic carbocycles. The lowest BCUT2D eigenvalue weighted by molar-refractivity contribution is -0.158. The molecule has 180 valence electrons. The quantitative estimate of drug-likeness (QED) is 0.277. The predicted octanol–water partition coefficient (Wildman–Crippen LogP) is 3.20. The minimum Gasteiger partial charge on any atom is -0.489 e. The summed E-state index contributed by atoms with van der Waals surface area (Å²) in [6, 6.07) is 5.81. The number of hydroxylamine groups is 2. The fourth-order valence-corrected chi connectivity index (χ4v) is 5.90. The number of piperidine rings is 1. The summed E-state index contributed by atoms with van der Waals surface area (Å²) in [5, 5.41) is 11.3. The van der Waals surface area contributed by atoms with Crippen LogP contribution in [-0.4, -0.2) is 70.4 Å². The maximum Gasteiger partial charge on any atom is 0.233 e. The number of ether oxygens (including phenoxy) is 1. The van der Waals surface area contributed by atoms with Crippen molar-refractivity contribution in [2.75, 3.05) is 18.8 Å². The zero-order valence-electron chi connectivity index (χ0n) is 17.9. The summed E-state index contributed by atoms with van der Waals surface area (Å²) in [6.07, 6.45) is 5.62. The molecule has 0 bridgehead atoms. The summed E-state index contributed by atoms with van der Waals surface area (Å²) in [6.45, 7) is 0.546. The van der Waals surface area contributed by atoms with Crippen molar-refractivity contribution in [3.05, 3.63) is 52.5 Å². The molecule has 1 amide bonds. The van der Waals surface area contributed by atoms with E-state index in [1.807, 2.05) is 0 Å². The number of hydrogen-bond donors (Lipinski definition) is 1. The SMILES string of the molecule is O=CN(O)[C@H](CCCc1ncccn1)CS(=O)(=O)N1CCC(Oc2ccc(Cl)cc2Cl)CC1. The number of carbonyl (C=O) groups is 1. The van der Waals surface area contributed by atoms with E-state index in [4.69, 9.17) is 27.9 Å². The fourth-order valence-electron chi connectivity index (χ4n) is 3.66. The van der Waals surface area contributed by atoms with Crippen LogP contribution < -0.4 is 4.74 Å². The van der Waals surface area contributed by atoms with Gasteiger partial charge in [-0.1, -0.05) is 23.2 Å². The number of benzene rings is 1. The van der Waals surface area contributed by atoms with Crippen LogP contribution in [0.4, 0.5) is 0 Å². The number of carbonyl (C=O) groups excluding carboxylic acids is 1. The van der Waals surface area contributed by atoms with Gasteiger partial charge in [0.1, 0.15) is 17.7 Å². The molecule has 9 nitrogen and oxygen atoms in total. The molecule has 1 aromatic heterocycles. The summed E-state index contributed by atoms with van der Waals surface area (Å²) < 4.78 is 33.2.